The Morgan fingerprint density at radius 1 is 1.38 bits per heavy atom. The maximum atomic E-state index is 11.0. The molecule has 2 fully saturated rings. The van der Waals surface area contributed by atoms with E-state index in [4.69, 9.17) is 9.52 Å². The van der Waals surface area contributed by atoms with Gasteiger partial charge in [0.15, 0.2) is 0 Å². The van der Waals surface area contributed by atoms with Crippen LogP contribution in [0.1, 0.15) is 69.3 Å². The molecule has 2 aliphatic rings. The van der Waals surface area contributed by atoms with E-state index in [0.717, 1.165) is 12.3 Å². The lowest BCUT2D eigenvalue weighted by atomic mass is 9.65. The van der Waals surface area contributed by atoms with Gasteiger partial charge >= 0.3 is 5.97 Å². The molecule has 4 nitrogen and oxygen atoms in total. The van der Waals surface area contributed by atoms with Gasteiger partial charge in [0.25, 0.3) is 0 Å². The van der Waals surface area contributed by atoms with Crippen LogP contribution in [0.15, 0.2) is 16.5 Å². The number of nitrogens with zero attached hydrogens (tertiary/aromatic N) is 1. The van der Waals surface area contributed by atoms with Crippen LogP contribution < -0.4 is 0 Å². The number of carboxylic acid groups (broad SMARTS) is 1. The van der Waals surface area contributed by atoms with Crippen LogP contribution in [0.25, 0.3) is 0 Å². The van der Waals surface area contributed by atoms with Crippen LogP contribution in [-0.4, -0.2) is 28.6 Å². The van der Waals surface area contributed by atoms with Crippen molar-refractivity contribution in [2.45, 2.75) is 59.0 Å². The average molecular weight is 291 g/mol. The number of hydrogen-bond acceptors (Lipinski definition) is 3. The van der Waals surface area contributed by atoms with Crippen molar-refractivity contribution in [3.05, 3.63) is 23.7 Å². The van der Waals surface area contributed by atoms with Crippen LogP contribution in [-0.2, 0) is 0 Å². The topological polar surface area (TPSA) is 53.7 Å². The number of fused-ring (bicyclic) bond motifs is 2. The summed E-state index contributed by atoms with van der Waals surface area (Å²) >= 11 is 0. The van der Waals surface area contributed by atoms with Gasteiger partial charge in [-0.3, -0.25) is 4.90 Å². The standard InChI is InChI=1S/C17H25NO3/c1-11(13-5-6-14(21-13)15(19)20)18-10-17(4)8-12(18)7-16(2,3)9-17/h5-6,11-12H,7-10H2,1-4H3,(H,19,20). The first-order valence-corrected chi connectivity index (χ1v) is 7.78. The lowest BCUT2D eigenvalue weighted by Crippen LogP contribution is -2.35. The van der Waals surface area contributed by atoms with Gasteiger partial charge in [-0.15, -0.1) is 0 Å². The summed E-state index contributed by atoms with van der Waals surface area (Å²) in [5.41, 5.74) is 0.768. The summed E-state index contributed by atoms with van der Waals surface area (Å²) in [7, 11) is 0. The van der Waals surface area contributed by atoms with Crippen LogP contribution in [0.2, 0.25) is 0 Å². The monoisotopic (exact) mass is 291 g/mol. The van der Waals surface area contributed by atoms with Gasteiger partial charge in [0, 0.05) is 12.6 Å². The lowest BCUT2D eigenvalue weighted by molar-refractivity contribution is 0.0654. The van der Waals surface area contributed by atoms with Crippen LogP contribution >= 0.6 is 0 Å². The molecule has 116 valence electrons. The minimum atomic E-state index is -0.998. The average Bonchev–Trinajstić information content (AvgIpc) is 2.90. The molecule has 0 amide bonds. The third-order valence-electron chi connectivity index (χ3n) is 5.20. The summed E-state index contributed by atoms with van der Waals surface area (Å²) in [6.07, 6.45) is 3.71. The van der Waals surface area contributed by atoms with Crippen molar-refractivity contribution in [2.24, 2.45) is 10.8 Å². The Morgan fingerprint density at radius 3 is 2.71 bits per heavy atom. The summed E-state index contributed by atoms with van der Waals surface area (Å²) in [5, 5.41) is 9.00. The highest BCUT2D eigenvalue weighted by molar-refractivity contribution is 5.84. The minimum Gasteiger partial charge on any atom is -0.475 e. The van der Waals surface area contributed by atoms with Crippen molar-refractivity contribution in [1.29, 1.82) is 0 Å². The van der Waals surface area contributed by atoms with E-state index in [2.05, 4.69) is 32.6 Å². The second-order valence-corrected chi connectivity index (χ2v) is 8.07. The first-order valence-electron chi connectivity index (χ1n) is 7.78. The van der Waals surface area contributed by atoms with E-state index in [1.165, 1.54) is 19.3 Å². The second-order valence-electron chi connectivity index (χ2n) is 8.07. The molecule has 21 heavy (non-hydrogen) atoms. The number of carboxylic acids is 1. The first kappa shape index (κ1) is 14.6. The normalized spacial score (nSPS) is 33.0. The Morgan fingerprint density at radius 2 is 2.10 bits per heavy atom. The molecular formula is C17H25NO3. The third kappa shape index (κ3) is 2.61. The van der Waals surface area contributed by atoms with E-state index in [9.17, 15) is 4.79 Å². The molecule has 2 heterocycles. The van der Waals surface area contributed by atoms with Gasteiger partial charge in [0.2, 0.25) is 5.76 Å². The first-order chi connectivity index (χ1) is 9.69. The molecule has 1 aliphatic heterocycles. The van der Waals surface area contributed by atoms with Crippen molar-refractivity contribution in [3.8, 4) is 0 Å². The van der Waals surface area contributed by atoms with Crippen LogP contribution in [0, 0.1) is 10.8 Å². The maximum absolute atomic E-state index is 11.0. The minimum absolute atomic E-state index is 0.0329. The fraction of sp³-hybridized carbons (Fsp3) is 0.706. The zero-order valence-corrected chi connectivity index (χ0v) is 13.3. The Hall–Kier alpha value is -1.29. The van der Waals surface area contributed by atoms with Gasteiger partial charge < -0.3 is 9.52 Å². The Labute approximate surface area is 126 Å². The molecule has 4 heteroatoms. The highest BCUT2D eigenvalue weighted by Gasteiger charge is 2.50. The van der Waals surface area contributed by atoms with Gasteiger partial charge in [-0.25, -0.2) is 4.79 Å². The van der Waals surface area contributed by atoms with E-state index in [-0.39, 0.29) is 11.8 Å². The third-order valence-corrected chi connectivity index (χ3v) is 5.20. The highest BCUT2D eigenvalue weighted by atomic mass is 16.4. The zero-order chi connectivity index (χ0) is 15.4. The summed E-state index contributed by atoms with van der Waals surface area (Å²) < 4.78 is 5.51. The fourth-order valence-electron chi connectivity index (χ4n) is 4.81. The van der Waals surface area contributed by atoms with Crippen LogP contribution in [0.3, 0.4) is 0 Å². The van der Waals surface area contributed by atoms with Crippen LogP contribution in [0.5, 0.6) is 0 Å². The predicted molar refractivity (Wildman–Crippen MR) is 80.3 cm³/mol. The number of carbonyl (C=O) groups is 1. The lowest BCUT2D eigenvalue weighted by Gasteiger charge is -2.40. The van der Waals surface area contributed by atoms with Crippen molar-refractivity contribution < 1.29 is 14.3 Å². The van der Waals surface area contributed by atoms with Gasteiger partial charge in [0.05, 0.1) is 6.04 Å². The van der Waals surface area contributed by atoms with E-state index < -0.39 is 5.97 Å². The molecule has 1 aromatic heterocycles. The summed E-state index contributed by atoms with van der Waals surface area (Å²) in [6.45, 7) is 10.3. The van der Waals surface area contributed by atoms with Gasteiger partial charge in [-0.1, -0.05) is 20.8 Å². The zero-order valence-electron chi connectivity index (χ0n) is 13.3. The number of aromatic carboxylic acids is 1. The number of likely N-dealkylation sites (tertiary alicyclic amines) is 1. The van der Waals surface area contributed by atoms with Crippen molar-refractivity contribution in [3.63, 3.8) is 0 Å². The number of furan rings is 1. The molecule has 1 aliphatic carbocycles. The molecule has 0 spiro atoms. The van der Waals surface area contributed by atoms with E-state index in [0.29, 0.717) is 16.9 Å². The Bertz CT molecular complexity index is 562. The molecule has 2 bridgehead atoms. The van der Waals surface area contributed by atoms with E-state index in [1.807, 2.05) is 6.07 Å². The second kappa shape index (κ2) is 4.60. The molecular weight excluding hydrogens is 266 g/mol. The molecule has 3 atom stereocenters. The smallest absolute Gasteiger partial charge is 0.371 e. The predicted octanol–water partition coefficient (Wildman–Crippen LogP) is 3.94. The fourth-order valence-corrected chi connectivity index (χ4v) is 4.81. The summed E-state index contributed by atoms with van der Waals surface area (Å²) in [5.74, 6) is -0.200. The van der Waals surface area contributed by atoms with Gasteiger partial charge in [-0.2, -0.15) is 0 Å². The van der Waals surface area contributed by atoms with Gasteiger partial charge in [-0.05, 0) is 49.1 Å². The molecule has 3 unspecified atom stereocenters. The molecule has 0 aromatic carbocycles. The van der Waals surface area contributed by atoms with Crippen LogP contribution in [0.4, 0.5) is 0 Å². The number of hydrogen-bond donors (Lipinski definition) is 1. The summed E-state index contributed by atoms with van der Waals surface area (Å²) in [4.78, 5) is 13.5. The van der Waals surface area contributed by atoms with Crippen molar-refractivity contribution in [1.82, 2.24) is 4.90 Å². The van der Waals surface area contributed by atoms with E-state index in [1.54, 1.807) is 6.07 Å². The largest absolute Gasteiger partial charge is 0.475 e. The molecule has 3 rings (SSSR count). The molecule has 0 radical (unpaired) electrons. The van der Waals surface area contributed by atoms with Crippen molar-refractivity contribution >= 4 is 5.97 Å². The molecule has 1 N–H and O–H groups in total. The highest BCUT2D eigenvalue weighted by Crippen LogP contribution is 2.54. The molecule has 1 saturated heterocycles. The van der Waals surface area contributed by atoms with E-state index >= 15 is 0 Å². The summed E-state index contributed by atoms with van der Waals surface area (Å²) in [6, 6.07) is 4.08. The Kier molecular flexibility index (Phi) is 3.21. The Balaban J connectivity index is 1.82. The molecule has 1 saturated carbocycles. The maximum Gasteiger partial charge on any atom is 0.371 e. The molecule has 1 aromatic rings. The quantitative estimate of drug-likeness (QED) is 0.916. The SMILES string of the molecule is CC(c1ccc(C(=O)O)o1)N1CC2(C)CC1CC(C)(C)C2. The van der Waals surface area contributed by atoms with Gasteiger partial charge in [0.1, 0.15) is 5.76 Å². The number of rotatable bonds is 3. The van der Waals surface area contributed by atoms with Crippen molar-refractivity contribution in [2.75, 3.05) is 6.54 Å².